The highest BCUT2D eigenvalue weighted by molar-refractivity contribution is 6.41. The molecular weight excluding hydrogens is 218 g/mol. The largest absolute Gasteiger partial charge is 0.346 e. The molecule has 0 radical (unpaired) electrons. The molecule has 2 N–H and O–H groups in total. The number of carbonyl (C=O) groups excluding carboxylic acids is 2. The van der Waals surface area contributed by atoms with Gasteiger partial charge in [-0.2, -0.15) is 0 Å². The Balaban J connectivity index is 2.16. The summed E-state index contributed by atoms with van der Waals surface area (Å²) in [5.74, 6) is -1.02. The van der Waals surface area contributed by atoms with Gasteiger partial charge in [-0.3, -0.25) is 9.59 Å². The third kappa shape index (κ3) is 2.45. The lowest BCUT2D eigenvalue weighted by Gasteiger charge is -2.26. The second-order valence-corrected chi connectivity index (χ2v) is 3.91. The molecule has 1 aliphatic rings. The van der Waals surface area contributed by atoms with E-state index in [1.807, 2.05) is 31.3 Å². The number of hydrogen-bond donors (Lipinski definition) is 2. The summed E-state index contributed by atoms with van der Waals surface area (Å²) in [5, 5.41) is 5.58. The van der Waals surface area contributed by atoms with Crippen molar-refractivity contribution in [2.45, 2.75) is 6.54 Å². The zero-order valence-electron chi connectivity index (χ0n) is 9.69. The molecule has 5 heteroatoms. The number of anilines is 1. The van der Waals surface area contributed by atoms with Crippen LogP contribution in [0.5, 0.6) is 0 Å². The van der Waals surface area contributed by atoms with E-state index < -0.39 is 11.8 Å². The Morgan fingerprint density at radius 3 is 2.65 bits per heavy atom. The highest BCUT2D eigenvalue weighted by atomic mass is 16.2. The Labute approximate surface area is 99.8 Å². The average Bonchev–Trinajstić information content (AvgIpc) is 2.34. The summed E-state index contributed by atoms with van der Waals surface area (Å²) in [4.78, 5) is 24.4. The molecule has 0 bridgehead atoms. The first kappa shape index (κ1) is 11.6. The summed E-state index contributed by atoms with van der Waals surface area (Å²) in [7, 11) is 1.88. The van der Waals surface area contributed by atoms with Gasteiger partial charge in [0.2, 0.25) is 0 Å². The lowest BCUT2D eigenvalue weighted by molar-refractivity contribution is -0.138. The zero-order valence-corrected chi connectivity index (χ0v) is 9.69. The molecule has 0 spiro atoms. The summed E-state index contributed by atoms with van der Waals surface area (Å²) in [6, 6.07) is 7.63. The van der Waals surface area contributed by atoms with Gasteiger partial charge < -0.3 is 15.5 Å². The van der Waals surface area contributed by atoms with Crippen molar-refractivity contribution in [3.63, 3.8) is 0 Å². The van der Waals surface area contributed by atoms with Crippen molar-refractivity contribution in [1.82, 2.24) is 10.6 Å². The molecule has 0 atom stereocenters. The molecule has 5 nitrogen and oxygen atoms in total. The number of carbonyl (C=O) groups is 2. The summed E-state index contributed by atoms with van der Waals surface area (Å²) in [6.07, 6.45) is 0. The van der Waals surface area contributed by atoms with Gasteiger partial charge in [-0.1, -0.05) is 12.1 Å². The van der Waals surface area contributed by atoms with Gasteiger partial charge in [0, 0.05) is 25.3 Å². The first-order valence-electron chi connectivity index (χ1n) is 5.55. The summed E-state index contributed by atoms with van der Waals surface area (Å²) in [5.41, 5.74) is 1.91. The van der Waals surface area contributed by atoms with Crippen molar-refractivity contribution < 1.29 is 9.59 Å². The van der Waals surface area contributed by atoms with Crippen molar-refractivity contribution >= 4 is 17.5 Å². The van der Waals surface area contributed by atoms with Crippen LogP contribution in [0.15, 0.2) is 24.3 Å². The van der Waals surface area contributed by atoms with Crippen LogP contribution in [0.1, 0.15) is 5.56 Å². The number of benzene rings is 1. The molecule has 0 unspecified atom stereocenters. The Morgan fingerprint density at radius 1 is 1.29 bits per heavy atom. The summed E-state index contributed by atoms with van der Waals surface area (Å²) in [6.45, 7) is 1.81. The summed E-state index contributed by atoms with van der Waals surface area (Å²) < 4.78 is 0. The van der Waals surface area contributed by atoms with Crippen molar-refractivity contribution in [2.24, 2.45) is 0 Å². The van der Waals surface area contributed by atoms with Crippen LogP contribution in [0.2, 0.25) is 0 Å². The van der Waals surface area contributed by atoms with Gasteiger partial charge in [0.25, 0.3) is 0 Å². The van der Waals surface area contributed by atoms with Crippen LogP contribution in [-0.2, 0) is 16.1 Å². The van der Waals surface area contributed by atoms with Gasteiger partial charge in [-0.05, 0) is 24.7 Å². The Hall–Kier alpha value is -1.88. The van der Waals surface area contributed by atoms with E-state index in [1.54, 1.807) is 0 Å². The molecule has 1 saturated heterocycles. The van der Waals surface area contributed by atoms with Crippen LogP contribution in [0.3, 0.4) is 0 Å². The SMILES string of the molecule is CNCc1ccc(N2CCNC(=O)C2=O)cc1. The lowest BCUT2D eigenvalue weighted by Crippen LogP contribution is -2.52. The van der Waals surface area contributed by atoms with E-state index >= 15 is 0 Å². The van der Waals surface area contributed by atoms with Crippen LogP contribution in [0.4, 0.5) is 5.69 Å². The Bertz CT molecular complexity index is 428. The van der Waals surface area contributed by atoms with Crippen molar-refractivity contribution in [2.75, 3.05) is 25.0 Å². The second-order valence-electron chi connectivity index (χ2n) is 3.91. The molecule has 1 aromatic carbocycles. The lowest BCUT2D eigenvalue weighted by atomic mass is 10.2. The van der Waals surface area contributed by atoms with E-state index in [4.69, 9.17) is 0 Å². The smallest absolute Gasteiger partial charge is 0.316 e. The number of hydrogen-bond acceptors (Lipinski definition) is 3. The van der Waals surface area contributed by atoms with E-state index in [9.17, 15) is 9.59 Å². The normalized spacial score (nSPS) is 15.9. The second kappa shape index (κ2) is 4.97. The number of amides is 2. The average molecular weight is 233 g/mol. The topological polar surface area (TPSA) is 61.4 Å². The van der Waals surface area contributed by atoms with E-state index in [0.717, 1.165) is 17.8 Å². The summed E-state index contributed by atoms with van der Waals surface area (Å²) >= 11 is 0. The predicted octanol–water partition coefficient (Wildman–Crippen LogP) is -0.131. The maximum atomic E-state index is 11.6. The molecule has 0 aliphatic carbocycles. The van der Waals surface area contributed by atoms with Crippen LogP contribution in [-0.4, -0.2) is 32.0 Å². The quantitative estimate of drug-likeness (QED) is 0.715. The number of piperazine rings is 1. The molecular formula is C12H15N3O2. The van der Waals surface area contributed by atoms with Crippen molar-refractivity contribution in [3.05, 3.63) is 29.8 Å². The third-order valence-corrected chi connectivity index (χ3v) is 2.69. The van der Waals surface area contributed by atoms with Gasteiger partial charge in [-0.15, -0.1) is 0 Å². The minimum absolute atomic E-state index is 0.488. The molecule has 17 heavy (non-hydrogen) atoms. The Morgan fingerprint density at radius 2 is 2.00 bits per heavy atom. The molecule has 1 aromatic rings. The standard InChI is InChI=1S/C12H15N3O2/c1-13-8-9-2-4-10(5-3-9)15-7-6-14-11(16)12(15)17/h2-5,13H,6-8H2,1H3,(H,14,16). The van der Waals surface area contributed by atoms with Gasteiger partial charge in [0.1, 0.15) is 0 Å². The fourth-order valence-corrected chi connectivity index (χ4v) is 1.83. The molecule has 90 valence electrons. The minimum atomic E-state index is -0.532. The maximum absolute atomic E-state index is 11.6. The Kier molecular flexibility index (Phi) is 3.39. The van der Waals surface area contributed by atoms with Crippen LogP contribution in [0, 0.1) is 0 Å². The van der Waals surface area contributed by atoms with E-state index in [0.29, 0.717) is 13.1 Å². The van der Waals surface area contributed by atoms with E-state index in [-0.39, 0.29) is 0 Å². The predicted molar refractivity (Wildman–Crippen MR) is 64.6 cm³/mol. The van der Waals surface area contributed by atoms with Crippen molar-refractivity contribution in [1.29, 1.82) is 0 Å². The van der Waals surface area contributed by atoms with Gasteiger partial charge >= 0.3 is 11.8 Å². The van der Waals surface area contributed by atoms with Crippen LogP contribution >= 0.6 is 0 Å². The fraction of sp³-hybridized carbons (Fsp3) is 0.333. The molecule has 2 amide bonds. The van der Waals surface area contributed by atoms with Gasteiger partial charge in [-0.25, -0.2) is 0 Å². The minimum Gasteiger partial charge on any atom is -0.346 e. The number of nitrogens with one attached hydrogen (secondary N) is 2. The number of rotatable bonds is 3. The van der Waals surface area contributed by atoms with Gasteiger partial charge in [0.15, 0.2) is 0 Å². The molecule has 1 fully saturated rings. The maximum Gasteiger partial charge on any atom is 0.316 e. The third-order valence-electron chi connectivity index (χ3n) is 2.69. The molecule has 2 rings (SSSR count). The zero-order chi connectivity index (χ0) is 12.3. The number of nitrogens with zero attached hydrogens (tertiary/aromatic N) is 1. The fourth-order valence-electron chi connectivity index (χ4n) is 1.83. The molecule has 0 aromatic heterocycles. The monoisotopic (exact) mass is 233 g/mol. The van der Waals surface area contributed by atoms with Gasteiger partial charge in [0.05, 0.1) is 0 Å². The first-order valence-corrected chi connectivity index (χ1v) is 5.55. The van der Waals surface area contributed by atoms with Crippen molar-refractivity contribution in [3.8, 4) is 0 Å². The molecule has 0 saturated carbocycles. The molecule has 1 heterocycles. The molecule has 1 aliphatic heterocycles. The van der Waals surface area contributed by atoms with E-state index in [1.165, 1.54) is 4.90 Å². The van der Waals surface area contributed by atoms with Crippen LogP contribution < -0.4 is 15.5 Å². The highest BCUT2D eigenvalue weighted by Gasteiger charge is 2.26. The van der Waals surface area contributed by atoms with Crippen LogP contribution in [0.25, 0.3) is 0 Å². The first-order chi connectivity index (χ1) is 8.22. The highest BCUT2D eigenvalue weighted by Crippen LogP contribution is 2.16. The van der Waals surface area contributed by atoms with E-state index in [2.05, 4.69) is 10.6 Å².